The second-order valence-electron chi connectivity index (χ2n) is 15.0. The number of hydrogen-bond acceptors (Lipinski definition) is 7. The molecule has 1 aliphatic heterocycles. The van der Waals surface area contributed by atoms with Crippen molar-refractivity contribution in [1.29, 1.82) is 5.41 Å². The second kappa shape index (κ2) is 15.7. The van der Waals surface area contributed by atoms with Gasteiger partial charge in [0, 0.05) is 42.4 Å². The van der Waals surface area contributed by atoms with E-state index in [1.54, 1.807) is 6.08 Å². The van der Waals surface area contributed by atoms with Crippen molar-refractivity contribution in [2.75, 3.05) is 26.3 Å². The third-order valence-electron chi connectivity index (χ3n) is 9.88. The minimum Gasteiger partial charge on any atom is -0.484 e. The molecule has 1 fully saturated rings. The van der Waals surface area contributed by atoms with Crippen molar-refractivity contribution in [2.45, 2.75) is 59.2 Å². The van der Waals surface area contributed by atoms with Crippen LogP contribution in [0.5, 0.6) is 5.75 Å². The van der Waals surface area contributed by atoms with Gasteiger partial charge in [0.2, 0.25) is 5.82 Å². The molecule has 2 aromatic heterocycles. The molecule has 7 rings (SSSR count). The van der Waals surface area contributed by atoms with Crippen molar-refractivity contribution in [2.24, 2.45) is 5.41 Å². The van der Waals surface area contributed by atoms with E-state index in [2.05, 4.69) is 62.1 Å². The molecule has 2 atom stereocenters. The molecule has 53 heavy (non-hydrogen) atoms. The average molecular weight is 714 g/mol. The number of carbonyl (C=O) groups excluding carboxylic acids is 1. The van der Waals surface area contributed by atoms with Crippen LogP contribution in [0.1, 0.15) is 68.0 Å². The number of aromatic nitrogens is 3. The Morgan fingerprint density at radius 1 is 0.962 bits per heavy atom. The summed E-state index contributed by atoms with van der Waals surface area (Å²) in [6, 6.07) is 28.1. The molecule has 0 spiro atoms. The lowest BCUT2D eigenvalue weighted by Gasteiger charge is -2.32. The zero-order chi connectivity index (χ0) is 37.0. The SMILES string of the molecule is Cc1ccc([NH2+]C(=CC(=N)C(C)(C)C)NC(=O)NC2CCC(Oc3ccc4nnc(-c5ccc(CN6CCOCC6)cc5)n4c3)c3ccccc32)cc1. The maximum atomic E-state index is 13.5. The van der Waals surface area contributed by atoms with Crippen molar-refractivity contribution < 1.29 is 19.6 Å². The molecule has 5 N–H and O–H groups in total. The maximum Gasteiger partial charge on any atom is 0.323 e. The molecule has 3 heterocycles. The van der Waals surface area contributed by atoms with Gasteiger partial charge in [-0.3, -0.25) is 19.9 Å². The number of carbonyl (C=O) groups is 1. The highest BCUT2D eigenvalue weighted by atomic mass is 16.5. The summed E-state index contributed by atoms with van der Waals surface area (Å²) in [5.41, 5.74) is 7.22. The van der Waals surface area contributed by atoms with Crippen molar-refractivity contribution in [3.8, 4) is 17.1 Å². The lowest BCUT2D eigenvalue weighted by Crippen LogP contribution is -2.79. The van der Waals surface area contributed by atoms with Crippen molar-refractivity contribution in [1.82, 2.24) is 30.1 Å². The fourth-order valence-electron chi connectivity index (χ4n) is 6.76. The third-order valence-corrected chi connectivity index (χ3v) is 9.88. The summed E-state index contributed by atoms with van der Waals surface area (Å²) in [6.07, 6.45) is 4.91. The van der Waals surface area contributed by atoms with Gasteiger partial charge in [0.25, 0.3) is 0 Å². The fourth-order valence-corrected chi connectivity index (χ4v) is 6.76. The minimum absolute atomic E-state index is 0.193. The summed E-state index contributed by atoms with van der Waals surface area (Å²) in [5.74, 6) is 2.03. The molecule has 0 bridgehead atoms. The zero-order valence-electron chi connectivity index (χ0n) is 30.9. The highest BCUT2D eigenvalue weighted by Crippen LogP contribution is 2.39. The lowest BCUT2D eigenvalue weighted by molar-refractivity contribution is -0.522. The van der Waals surface area contributed by atoms with E-state index >= 15 is 0 Å². The predicted octanol–water partition coefficient (Wildman–Crippen LogP) is 6.59. The molecule has 1 saturated heterocycles. The van der Waals surface area contributed by atoms with E-state index in [1.807, 2.05) is 92.1 Å². The first kappa shape index (κ1) is 36.0. The summed E-state index contributed by atoms with van der Waals surface area (Å²) in [7, 11) is 0. The van der Waals surface area contributed by atoms with Crippen LogP contribution in [-0.4, -0.2) is 57.5 Å². The number of pyridine rings is 1. The normalized spacial score (nSPS) is 18.0. The van der Waals surface area contributed by atoms with Gasteiger partial charge in [0.1, 0.15) is 17.5 Å². The molecule has 2 unspecified atom stereocenters. The van der Waals surface area contributed by atoms with Crippen LogP contribution in [-0.2, 0) is 11.3 Å². The van der Waals surface area contributed by atoms with E-state index in [4.69, 9.17) is 14.9 Å². The summed E-state index contributed by atoms with van der Waals surface area (Å²) in [4.78, 5) is 15.9. The number of nitrogens with one attached hydrogen (secondary N) is 3. The molecule has 11 heteroatoms. The maximum absolute atomic E-state index is 13.5. The number of urea groups is 1. The number of aryl methyl sites for hydroxylation is 1. The van der Waals surface area contributed by atoms with Crippen LogP contribution in [0.15, 0.2) is 103 Å². The molecule has 0 radical (unpaired) electrons. The number of ether oxygens (including phenoxy) is 2. The van der Waals surface area contributed by atoms with Gasteiger partial charge in [-0.15, -0.1) is 10.2 Å². The Morgan fingerprint density at radius 2 is 1.70 bits per heavy atom. The number of rotatable bonds is 10. The van der Waals surface area contributed by atoms with Crippen LogP contribution in [0, 0.1) is 17.7 Å². The number of allylic oxidation sites excluding steroid dienone is 1. The zero-order valence-corrected chi connectivity index (χ0v) is 30.9. The summed E-state index contributed by atoms with van der Waals surface area (Å²) in [6.45, 7) is 12.4. The minimum atomic E-state index is -0.364. The van der Waals surface area contributed by atoms with Gasteiger partial charge in [-0.1, -0.05) is 87.0 Å². The number of hydrogen-bond donors (Lipinski definition) is 4. The third kappa shape index (κ3) is 8.82. The van der Waals surface area contributed by atoms with Crippen LogP contribution >= 0.6 is 0 Å². The first-order valence-electron chi connectivity index (χ1n) is 18.4. The molecule has 2 aliphatic rings. The Kier molecular flexibility index (Phi) is 10.7. The van der Waals surface area contributed by atoms with Gasteiger partial charge in [-0.2, -0.15) is 0 Å². The molecule has 2 amide bonds. The lowest BCUT2D eigenvalue weighted by atomic mass is 9.85. The van der Waals surface area contributed by atoms with Crippen molar-refractivity contribution in [3.63, 3.8) is 0 Å². The second-order valence-corrected chi connectivity index (χ2v) is 15.0. The molecule has 3 aromatic carbocycles. The Morgan fingerprint density at radius 3 is 2.43 bits per heavy atom. The largest absolute Gasteiger partial charge is 0.484 e. The molecular weight excluding hydrogens is 665 g/mol. The highest BCUT2D eigenvalue weighted by molar-refractivity contribution is 5.97. The van der Waals surface area contributed by atoms with Crippen LogP contribution in [0.25, 0.3) is 17.0 Å². The van der Waals surface area contributed by atoms with Gasteiger partial charge < -0.3 is 20.2 Å². The summed E-state index contributed by atoms with van der Waals surface area (Å²) >= 11 is 0. The quantitative estimate of drug-likeness (QED) is 0.0954. The monoisotopic (exact) mass is 713 g/mol. The summed E-state index contributed by atoms with van der Waals surface area (Å²) in [5, 5.41) is 25.7. The Hall–Kier alpha value is -5.36. The Labute approximate surface area is 310 Å². The number of benzene rings is 3. The van der Waals surface area contributed by atoms with E-state index < -0.39 is 0 Å². The number of nitrogens with zero attached hydrogens (tertiary/aromatic N) is 4. The average Bonchev–Trinajstić information content (AvgIpc) is 3.57. The van der Waals surface area contributed by atoms with Gasteiger partial charge in [0.15, 0.2) is 11.5 Å². The molecule has 0 saturated carbocycles. The van der Waals surface area contributed by atoms with Crippen LogP contribution in [0.2, 0.25) is 0 Å². The standard InChI is InChI=1S/C42H48N8O3/c1-28-9-15-31(16-10-28)44-38(25-37(43)42(2,3)4)46-41(51)45-35-18-19-36(34-8-6-5-7-33(34)35)53-32-17-20-39-47-48-40(50(39)27-32)30-13-11-29(12-14-30)26-49-21-23-52-24-22-49/h5-17,20,25,27,35-36,43-44H,18-19,21-24,26H2,1-4H3,(H2,45,46,51)/p+1. The summed E-state index contributed by atoms with van der Waals surface area (Å²) < 4.78 is 14.1. The van der Waals surface area contributed by atoms with E-state index in [0.29, 0.717) is 30.1 Å². The topological polar surface area (TPSA) is 133 Å². The van der Waals surface area contributed by atoms with Gasteiger partial charge >= 0.3 is 6.03 Å². The highest BCUT2D eigenvalue weighted by Gasteiger charge is 2.30. The van der Waals surface area contributed by atoms with Crippen molar-refractivity contribution >= 4 is 23.1 Å². The van der Waals surface area contributed by atoms with Gasteiger partial charge in [0.05, 0.1) is 25.5 Å². The Bertz CT molecular complexity index is 2090. The number of fused-ring (bicyclic) bond motifs is 2. The van der Waals surface area contributed by atoms with Crippen LogP contribution in [0.4, 0.5) is 10.5 Å². The molecule has 1 aliphatic carbocycles. The number of amides is 2. The fraction of sp³-hybridized carbons (Fsp3) is 0.333. The van der Waals surface area contributed by atoms with Crippen molar-refractivity contribution in [3.05, 3.63) is 125 Å². The van der Waals surface area contributed by atoms with Gasteiger partial charge in [-0.25, -0.2) is 4.79 Å². The van der Waals surface area contributed by atoms with E-state index in [1.165, 1.54) is 5.56 Å². The van der Waals surface area contributed by atoms with Gasteiger partial charge in [-0.05, 0) is 60.7 Å². The van der Waals surface area contributed by atoms with E-state index in [0.717, 1.165) is 72.3 Å². The Balaban J connectivity index is 1.04. The number of morpholine rings is 1. The van der Waals surface area contributed by atoms with E-state index in [-0.39, 0.29) is 23.6 Å². The molecule has 5 aromatic rings. The predicted molar refractivity (Wildman–Crippen MR) is 206 cm³/mol. The number of quaternary nitrogens is 1. The van der Waals surface area contributed by atoms with E-state index in [9.17, 15) is 4.79 Å². The van der Waals surface area contributed by atoms with Crippen LogP contribution < -0.4 is 20.7 Å². The molecule has 11 nitrogen and oxygen atoms in total. The smallest absolute Gasteiger partial charge is 0.323 e. The molecule has 274 valence electrons. The first-order valence-corrected chi connectivity index (χ1v) is 18.4. The molecular formula is C42H49N8O3+. The van der Waals surface area contributed by atoms with Crippen LogP contribution in [0.3, 0.4) is 0 Å². The number of nitrogens with two attached hydrogens (primary N) is 1. The first-order chi connectivity index (χ1) is 25.6.